The molecule has 0 saturated carbocycles. The van der Waals surface area contributed by atoms with Crippen LogP contribution in [-0.2, 0) is 9.63 Å². The van der Waals surface area contributed by atoms with E-state index in [-0.39, 0.29) is 23.4 Å². The van der Waals surface area contributed by atoms with Crippen molar-refractivity contribution in [3.8, 4) is 17.2 Å². The number of likely N-dealkylation sites (N-methyl/N-ethyl adjacent to an activating group) is 1. The van der Waals surface area contributed by atoms with Crippen LogP contribution in [0.15, 0.2) is 79.6 Å². The SMILES string of the molecule is C=CC(=O)Nc1cc(Nc2cc(N3OCC[C@@H]3c3ccc(F)c(Oc4cccc(F)c4)c3)ncn2)c(OC)cc1N1CCN(C)CC1. The lowest BCUT2D eigenvalue weighted by atomic mass is 10.0. The third-order valence-electron chi connectivity index (χ3n) is 8.01. The first-order valence-corrected chi connectivity index (χ1v) is 15.1. The van der Waals surface area contributed by atoms with E-state index in [2.05, 4.69) is 44.0 Å². The van der Waals surface area contributed by atoms with Gasteiger partial charge in [0.25, 0.3) is 0 Å². The zero-order valence-corrected chi connectivity index (χ0v) is 26.1. The molecule has 2 fully saturated rings. The molecule has 13 heteroatoms. The predicted octanol–water partition coefficient (Wildman–Crippen LogP) is 6.06. The fraction of sp³-hybridized carbons (Fsp3) is 0.265. The second-order valence-electron chi connectivity index (χ2n) is 11.2. The number of nitrogens with one attached hydrogen (secondary N) is 2. The van der Waals surface area contributed by atoms with Gasteiger partial charge >= 0.3 is 0 Å². The molecular formula is C34H35F2N7O4. The summed E-state index contributed by atoms with van der Waals surface area (Å²) in [5.41, 5.74) is 2.75. The maximum atomic E-state index is 14.7. The molecule has 0 bridgehead atoms. The lowest BCUT2D eigenvalue weighted by Crippen LogP contribution is -2.44. The number of hydroxylamine groups is 1. The molecule has 2 saturated heterocycles. The molecule has 6 rings (SSSR count). The number of halogens is 2. The molecule has 3 heterocycles. The number of hydrogen-bond acceptors (Lipinski definition) is 10. The van der Waals surface area contributed by atoms with Gasteiger partial charge in [-0.05, 0) is 49.0 Å². The Kier molecular flexibility index (Phi) is 9.45. The van der Waals surface area contributed by atoms with Crippen molar-refractivity contribution in [2.24, 2.45) is 0 Å². The summed E-state index contributed by atoms with van der Waals surface area (Å²) in [5.74, 6) is 0.242. The number of amides is 1. The van der Waals surface area contributed by atoms with E-state index < -0.39 is 11.6 Å². The van der Waals surface area contributed by atoms with E-state index in [1.54, 1.807) is 36.4 Å². The lowest BCUT2D eigenvalue weighted by Gasteiger charge is -2.35. The van der Waals surface area contributed by atoms with Crippen molar-refractivity contribution in [2.45, 2.75) is 12.5 Å². The summed E-state index contributed by atoms with van der Waals surface area (Å²) in [5, 5.41) is 7.87. The number of nitrogens with zero attached hydrogens (tertiary/aromatic N) is 5. The standard InChI is InChI=1S/C34H35F2N7O4/c1-4-34(44)40-26-18-27(31(45-3)19-29(26)42-13-11-41(2)12-14-42)39-32-20-33(38-21-37-32)43-28(10-15-46-43)22-8-9-25(36)30(16-22)47-24-7-5-6-23(35)17-24/h4-9,16-21,28H,1,10-15H2,2-3H3,(H,40,44)(H,37,38,39)/t28-/m1/s1. The molecule has 2 aliphatic heterocycles. The Hall–Kier alpha value is -5.27. The number of hydrogen-bond donors (Lipinski definition) is 2. The van der Waals surface area contributed by atoms with Gasteiger partial charge in [0.05, 0.1) is 36.8 Å². The first kappa shape index (κ1) is 31.7. The van der Waals surface area contributed by atoms with E-state index in [0.717, 1.165) is 37.4 Å². The second-order valence-corrected chi connectivity index (χ2v) is 11.2. The van der Waals surface area contributed by atoms with Crippen molar-refractivity contribution < 1.29 is 27.9 Å². The normalized spacial score (nSPS) is 16.6. The summed E-state index contributed by atoms with van der Waals surface area (Å²) in [7, 11) is 3.66. The molecule has 2 aliphatic rings. The van der Waals surface area contributed by atoms with Gasteiger partial charge in [-0.3, -0.25) is 9.63 Å². The van der Waals surface area contributed by atoms with E-state index >= 15 is 0 Å². The number of piperazine rings is 1. The Balaban J connectivity index is 1.26. The van der Waals surface area contributed by atoms with Crippen LogP contribution < -0.4 is 30.1 Å². The lowest BCUT2D eigenvalue weighted by molar-refractivity contribution is -0.111. The molecule has 244 valence electrons. The van der Waals surface area contributed by atoms with Gasteiger partial charge in [0.1, 0.15) is 29.5 Å². The molecule has 1 amide bonds. The number of rotatable bonds is 10. The summed E-state index contributed by atoms with van der Waals surface area (Å²) in [6.07, 6.45) is 3.24. The third kappa shape index (κ3) is 7.26. The maximum absolute atomic E-state index is 14.7. The van der Waals surface area contributed by atoms with Crippen molar-refractivity contribution >= 4 is 34.6 Å². The molecule has 47 heavy (non-hydrogen) atoms. The van der Waals surface area contributed by atoms with E-state index in [1.165, 1.54) is 36.7 Å². The number of carbonyl (C=O) groups excluding carboxylic acids is 1. The monoisotopic (exact) mass is 643 g/mol. The van der Waals surface area contributed by atoms with Crippen LogP contribution in [-0.4, -0.2) is 67.7 Å². The average Bonchev–Trinajstić information content (AvgIpc) is 3.57. The van der Waals surface area contributed by atoms with Crippen molar-refractivity contribution in [1.29, 1.82) is 0 Å². The van der Waals surface area contributed by atoms with Crippen LogP contribution >= 0.6 is 0 Å². The van der Waals surface area contributed by atoms with Crippen molar-refractivity contribution in [2.75, 3.05) is 67.5 Å². The quantitative estimate of drug-likeness (QED) is 0.198. The predicted molar refractivity (Wildman–Crippen MR) is 176 cm³/mol. The van der Waals surface area contributed by atoms with Gasteiger partial charge in [0.2, 0.25) is 5.91 Å². The van der Waals surface area contributed by atoms with Gasteiger partial charge < -0.3 is 29.9 Å². The van der Waals surface area contributed by atoms with Crippen LogP contribution in [0.4, 0.5) is 37.5 Å². The first-order valence-electron chi connectivity index (χ1n) is 15.1. The Morgan fingerprint density at radius 1 is 1.02 bits per heavy atom. The number of anilines is 5. The molecule has 3 aromatic carbocycles. The fourth-order valence-electron chi connectivity index (χ4n) is 5.56. The largest absolute Gasteiger partial charge is 0.494 e. The van der Waals surface area contributed by atoms with Crippen molar-refractivity contribution in [1.82, 2.24) is 14.9 Å². The number of methoxy groups -OCH3 is 1. The van der Waals surface area contributed by atoms with E-state index in [0.29, 0.717) is 41.8 Å². The molecule has 11 nitrogen and oxygen atoms in total. The molecule has 0 unspecified atom stereocenters. The number of ether oxygens (including phenoxy) is 2. The molecule has 1 atom stereocenters. The highest BCUT2D eigenvalue weighted by Gasteiger charge is 2.30. The van der Waals surface area contributed by atoms with Crippen LogP contribution in [0.25, 0.3) is 0 Å². The summed E-state index contributed by atoms with van der Waals surface area (Å²) >= 11 is 0. The average molecular weight is 644 g/mol. The smallest absolute Gasteiger partial charge is 0.247 e. The minimum absolute atomic E-state index is 0.0311. The maximum Gasteiger partial charge on any atom is 0.247 e. The Bertz CT molecular complexity index is 1770. The van der Waals surface area contributed by atoms with E-state index in [9.17, 15) is 13.6 Å². The van der Waals surface area contributed by atoms with Gasteiger partial charge in [-0.25, -0.2) is 23.8 Å². The number of aromatic nitrogens is 2. The third-order valence-corrected chi connectivity index (χ3v) is 8.01. The molecule has 0 spiro atoms. The minimum Gasteiger partial charge on any atom is -0.494 e. The number of benzene rings is 3. The molecular weight excluding hydrogens is 608 g/mol. The number of carbonyl (C=O) groups is 1. The van der Waals surface area contributed by atoms with Gasteiger partial charge in [-0.15, -0.1) is 0 Å². The summed E-state index contributed by atoms with van der Waals surface area (Å²) in [6, 6.07) is 15.2. The molecule has 4 aromatic rings. The van der Waals surface area contributed by atoms with Gasteiger partial charge in [-0.1, -0.05) is 18.7 Å². The molecule has 2 N–H and O–H groups in total. The van der Waals surface area contributed by atoms with E-state index in [1.807, 2.05) is 12.1 Å². The van der Waals surface area contributed by atoms with Crippen LogP contribution in [0.5, 0.6) is 17.2 Å². The van der Waals surface area contributed by atoms with Gasteiger partial charge in [0, 0.05) is 50.8 Å². The van der Waals surface area contributed by atoms with Crippen LogP contribution in [0.2, 0.25) is 0 Å². The Morgan fingerprint density at radius 2 is 1.85 bits per heavy atom. The minimum atomic E-state index is -0.576. The topological polar surface area (TPSA) is 104 Å². The Morgan fingerprint density at radius 3 is 2.62 bits per heavy atom. The first-order chi connectivity index (χ1) is 22.8. The van der Waals surface area contributed by atoms with Gasteiger partial charge in [-0.2, -0.15) is 0 Å². The summed E-state index contributed by atoms with van der Waals surface area (Å²) < 4.78 is 39.8. The highest BCUT2D eigenvalue weighted by atomic mass is 19.1. The molecule has 1 aromatic heterocycles. The fourth-order valence-corrected chi connectivity index (χ4v) is 5.56. The zero-order valence-electron chi connectivity index (χ0n) is 26.1. The second kappa shape index (κ2) is 14.0. The highest BCUT2D eigenvalue weighted by molar-refractivity contribution is 6.02. The zero-order chi connectivity index (χ0) is 32.9. The van der Waals surface area contributed by atoms with E-state index in [4.69, 9.17) is 14.3 Å². The van der Waals surface area contributed by atoms with Crippen molar-refractivity contribution in [3.05, 3.63) is 96.8 Å². The van der Waals surface area contributed by atoms with Crippen LogP contribution in [0.1, 0.15) is 18.0 Å². The molecule has 0 radical (unpaired) electrons. The highest BCUT2D eigenvalue weighted by Crippen LogP contribution is 2.40. The summed E-state index contributed by atoms with van der Waals surface area (Å²) in [4.78, 5) is 31.7. The Labute approximate surface area is 271 Å². The van der Waals surface area contributed by atoms with Gasteiger partial charge in [0.15, 0.2) is 17.4 Å². The van der Waals surface area contributed by atoms with Crippen LogP contribution in [0, 0.1) is 11.6 Å². The molecule has 0 aliphatic carbocycles. The van der Waals surface area contributed by atoms with Crippen molar-refractivity contribution in [3.63, 3.8) is 0 Å². The summed E-state index contributed by atoms with van der Waals surface area (Å²) in [6.45, 7) is 7.36. The van der Waals surface area contributed by atoms with Crippen LogP contribution in [0.3, 0.4) is 0 Å².